The summed E-state index contributed by atoms with van der Waals surface area (Å²) in [5.74, 6) is -1.27. The van der Waals surface area contributed by atoms with Crippen LogP contribution in [0.15, 0.2) is 12.1 Å². The largest absolute Gasteiger partial charge is 0.341 e. The molecular weight excluding hydrogens is 277 g/mol. The lowest BCUT2D eigenvalue weighted by atomic mass is 9.93. The predicted molar refractivity (Wildman–Crippen MR) is 77.6 cm³/mol. The van der Waals surface area contributed by atoms with E-state index in [-0.39, 0.29) is 22.2 Å². The fourth-order valence-corrected chi connectivity index (χ4v) is 2.12. The summed E-state index contributed by atoms with van der Waals surface area (Å²) in [5.41, 5.74) is 4.80. The Labute approximate surface area is 122 Å². The maximum Gasteiger partial charge on any atom is 0.285 e. The summed E-state index contributed by atoms with van der Waals surface area (Å²) in [5, 5.41) is 11.1. The number of nitro groups is 1. The molecule has 0 unspecified atom stereocenters. The molecule has 7 heteroatoms. The number of nitrogens with zero attached hydrogens (tertiary/aromatic N) is 2. The van der Waals surface area contributed by atoms with Crippen LogP contribution in [0.5, 0.6) is 0 Å². The molecule has 0 aliphatic carbocycles. The van der Waals surface area contributed by atoms with Gasteiger partial charge in [0.25, 0.3) is 11.6 Å². The Morgan fingerprint density at radius 1 is 1.48 bits per heavy atom. The van der Waals surface area contributed by atoms with E-state index in [9.17, 15) is 19.3 Å². The molecule has 0 aliphatic rings. The van der Waals surface area contributed by atoms with Crippen molar-refractivity contribution in [1.29, 1.82) is 0 Å². The molecule has 1 rings (SSSR count). The van der Waals surface area contributed by atoms with E-state index in [4.69, 9.17) is 5.73 Å². The number of nitro benzene ring substituents is 1. The second-order valence-electron chi connectivity index (χ2n) is 5.91. The maximum absolute atomic E-state index is 13.5. The van der Waals surface area contributed by atoms with Crippen LogP contribution < -0.4 is 5.73 Å². The van der Waals surface area contributed by atoms with Gasteiger partial charge in [0.05, 0.1) is 4.92 Å². The molecule has 2 N–H and O–H groups in total. The molecule has 0 aromatic heterocycles. The lowest BCUT2D eigenvalue weighted by Crippen LogP contribution is -2.40. The van der Waals surface area contributed by atoms with E-state index in [2.05, 4.69) is 0 Å². The first-order chi connectivity index (χ1) is 9.59. The van der Waals surface area contributed by atoms with Crippen molar-refractivity contribution >= 4 is 11.6 Å². The second kappa shape index (κ2) is 6.17. The zero-order chi connectivity index (χ0) is 16.4. The molecule has 1 aromatic carbocycles. The highest BCUT2D eigenvalue weighted by molar-refractivity contribution is 5.98. The molecule has 116 valence electrons. The number of carbonyl (C=O) groups excluding carboxylic acids is 1. The number of hydrogen-bond acceptors (Lipinski definition) is 4. The summed E-state index contributed by atoms with van der Waals surface area (Å²) in [6.07, 6.45) is 0. The number of nitrogens with two attached hydrogens (primary N) is 1. The molecule has 6 nitrogen and oxygen atoms in total. The molecule has 21 heavy (non-hydrogen) atoms. The smallest absolute Gasteiger partial charge is 0.285 e. The maximum atomic E-state index is 13.5. The van der Waals surface area contributed by atoms with Gasteiger partial charge in [-0.05, 0) is 31.0 Å². The number of benzene rings is 1. The van der Waals surface area contributed by atoms with Crippen molar-refractivity contribution < 1.29 is 14.1 Å². The van der Waals surface area contributed by atoms with Crippen molar-refractivity contribution in [1.82, 2.24) is 4.90 Å². The molecule has 0 saturated carbocycles. The van der Waals surface area contributed by atoms with Crippen LogP contribution in [-0.2, 0) is 0 Å². The zero-order valence-electron chi connectivity index (χ0n) is 12.6. The molecule has 1 amide bonds. The van der Waals surface area contributed by atoms with Crippen LogP contribution in [-0.4, -0.2) is 35.9 Å². The lowest BCUT2D eigenvalue weighted by molar-refractivity contribution is -0.385. The molecule has 0 aliphatic heterocycles. The van der Waals surface area contributed by atoms with E-state index in [1.807, 2.05) is 13.8 Å². The van der Waals surface area contributed by atoms with E-state index >= 15 is 0 Å². The van der Waals surface area contributed by atoms with Crippen LogP contribution in [0.4, 0.5) is 10.1 Å². The number of aryl methyl sites for hydroxylation is 1. The number of carbonyl (C=O) groups is 1. The van der Waals surface area contributed by atoms with Crippen LogP contribution in [0.2, 0.25) is 0 Å². The quantitative estimate of drug-likeness (QED) is 0.665. The van der Waals surface area contributed by atoms with Crippen molar-refractivity contribution in [2.45, 2.75) is 20.8 Å². The fraction of sp³-hybridized carbons (Fsp3) is 0.500. The standard InChI is InChI=1S/C14H20FN3O3/c1-9-5-10(15)6-11(12(9)18(20)21)13(19)17(4)8-14(2,3)7-16/h5-6H,7-8,16H2,1-4H3. The Hall–Kier alpha value is -2.02. The van der Waals surface area contributed by atoms with Gasteiger partial charge in [-0.3, -0.25) is 14.9 Å². The first-order valence-electron chi connectivity index (χ1n) is 6.49. The van der Waals surface area contributed by atoms with Gasteiger partial charge in [-0.15, -0.1) is 0 Å². The van der Waals surface area contributed by atoms with E-state index in [1.165, 1.54) is 18.9 Å². The number of halogens is 1. The Morgan fingerprint density at radius 2 is 2.05 bits per heavy atom. The third kappa shape index (κ3) is 3.98. The SMILES string of the molecule is Cc1cc(F)cc(C(=O)N(C)CC(C)(C)CN)c1[N+](=O)[O-]. The average Bonchev–Trinajstić information content (AvgIpc) is 2.35. The van der Waals surface area contributed by atoms with Crippen LogP contribution in [0, 0.1) is 28.3 Å². The van der Waals surface area contributed by atoms with Crippen LogP contribution in [0.3, 0.4) is 0 Å². The molecule has 0 radical (unpaired) electrons. The minimum atomic E-state index is -0.673. The van der Waals surface area contributed by atoms with E-state index in [0.29, 0.717) is 13.1 Å². The molecule has 1 aromatic rings. The third-order valence-corrected chi connectivity index (χ3v) is 3.24. The summed E-state index contributed by atoms with van der Waals surface area (Å²) in [6, 6.07) is 1.94. The van der Waals surface area contributed by atoms with E-state index in [1.54, 1.807) is 0 Å². The zero-order valence-corrected chi connectivity index (χ0v) is 12.6. The van der Waals surface area contributed by atoms with Gasteiger partial charge in [0.15, 0.2) is 0 Å². The van der Waals surface area contributed by atoms with Crippen LogP contribution >= 0.6 is 0 Å². The summed E-state index contributed by atoms with van der Waals surface area (Å²) in [7, 11) is 1.52. The molecule has 0 heterocycles. The summed E-state index contributed by atoms with van der Waals surface area (Å²) >= 11 is 0. The van der Waals surface area contributed by atoms with Gasteiger partial charge in [0.1, 0.15) is 11.4 Å². The highest BCUT2D eigenvalue weighted by atomic mass is 19.1. The van der Waals surface area contributed by atoms with Gasteiger partial charge in [-0.1, -0.05) is 13.8 Å². The van der Waals surface area contributed by atoms with E-state index in [0.717, 1.165) is 12.1 Å². The molecular formula is C14H20FN3O3. The van der Waals surface area contributed by atoms with Gasteiger partial charge in [0, 0.05) is 19.2 Å². The van der Waals surface area contributed by atoms with Crippen molar-refractivity contribution in [3.63, 3.8) is 0 Å². The molecule has 0 spiro atoms. The minimum Gasteiger partial charge on any atom is -0.341 e. The van der Waals surface area contributed by atoms with Gasteiger partial charge >= 0.3 is 0 Å². The number of amides is 1. The number of rotatable bonds is 5. The van der Waals surface area contributed by atoms with E-state index < -0.39 is 16.6 Å². The van der Waals surface area contributed by atoms with Crippen molar-refractivity contribution in [2.75, 3.05) is 20.1 Å². The van der Waals surface area contributed by atoms with Crippen molar-refractivity contribution in [3.05, 3.63) is 39.2 Å². The Kier molecular flexibility index (Phi) is 5.01. The first-order valence-corrected chi connectivity index (χ1v) is 6.49. The summed E-state index contributed by atoms with van der Waals surface area (Å²) < 4.78 is 13.5. The first kappa shape index (κ1) is 17.0. The average molecular weight is 297 g/mol. The monoisotopic (exact) mass is 297 g/mol. The normalized spacial score (nSPS) is 11.3. The third-order valence-electron chi connectivity index (χ3n) is 3.24. The Bertz CT molecular complexity index is 573. The molecule has 0 saturated heterocycles. The Balaban J connectivity index is 3.21. The summed E-state index contributed by atoms with van der Waals surface area (Å²) in [4.78, 5) is 24.2. The van der Waals surface area contributed by atoms with Gasteiger partial charge < -0.3 is 10.6 Å². The van der Waals surface area contributed by atoms with Crippen LogP contribution in [0.25, 0.3) is 0 Å². The topological polar surface area (TPSA) is 89.5 Å². The second-order valence-corrected chi connectivity index (χ2v) is 5.91. The molecule has 0 fully saturated rings. The van der Waals surface area contributed by atoms with Crippen molar-refractivity contribution in [2.24, 2.45) is 11.1 Å². The highest BCUT2D eigenvalue weighted by Gasteiger charge is 2.28. The van der Waals surface area contributed by atoms with Crippen LogP contribution in [0.1, 0.15) is 29.8 Å². The van der Waals surface area contributed by atoms with Gasteiger partial charge in [-0.2, -0.15) is 0 Å². The summed E-state index contributed by atoms with van der Waals surface area (Å²) in [6.45, 7) is 5.83. The number of hydrogen-bond donors (Lipinski definition) is 1. The minimum absolute atomic E-state index is 0.120. The molecule has 0 atom stereocenters. The van der Waals surface area contributed by atoms with Gasteiger partial charge in [-0.25, -0.2) is 4.39 Å². The van der Waals surface area contributed by atoms with Crippen molar-refractivity contribution in [3.8, 4) is 0 Å². The fourth-order valence-electron chi connectivity index (χ4n) is 2.12. The lowest BCUT2D eigenvalue weighted by Gasteiger charge is -2.29. The highest BCUT2D eigenvalue weighted by Crippen LogP contribution is 2.26. The molecule has 0 bridgehead atoms. The van der Waals surface area contributed by atoms with Gasteiger partial charge in [0.2, 0.25) is 0 Å². The predicted octanol–water partition coefficient (Wildman–Crippen LogP) is 2.10. The Morgan fingerprint density at radius 3 is 2.52 bits per heavy atom.